The average Bonchev–Trinajstić information content (AvgIpc) is 2.71. The van der Waals surface area contributed by atoms with E-state index in [2.05, 4.69) is 15.4 Å². The summed E-state index contributed by atoms with van der Waals surface area (Å²) < 4.78 is 39.4. The van der Waals surface area contributed by atoms with Crippen molar-refractivity contribution in [3.05, 3.63) is 40.8 Å². The van der Waals surface area contributed by atoms with Gasteiger partial charge in [0.1, 0.15) is 11.0 Å². The van der Waals surface area contributed by atoms with E-state index in [1.807, 2.05) is 0 Å². The van der Waals surface area contributed by atoms with E-state index in [9.17, 15) is 13.2 Å². The zero-order valence-corrected chi connectivity index (χ0v) is 10.6. The summed E-state index contributed by atoms with van der Waals surface area (Å²) in [6, 6.07) is 1.71. The van der Waals surface area contributed by atoms with Gasteiger partial charge in [-0.25, -0.2) is 4.98 Å². The second-order valence-corrected chi connectivity index (χ2v) is 4.32. The highest BCUT2D eigenvalue weighted by atomic mass is 35.5. The molecule has 0 aliphatic rings. The maximum atomic E-state index is 12.6. The van der Waals surface area contributed by atoms with Crippen LogP contribution in [-0.4, -0.2) is 14.8 Å². The molecule has 19 heavy (non-hydrogen) atoms. The van der Waals surface area contributed by atoms with Gasteiger partial charge in [0, 0.05) is 25.4 Å². The first kappa shape index (κ1) is 13.7. The summed E-state index contributed by atoms with van der Waals surface area (Å²) in [5.74, 6) is 0.0729. The highest BCUT2D eigenvalue weighted by molar-refractivity contribution is 6.29. The van der Waals surface area contributed by atoms with E-state index in [4.69, 9.17) is 11.6 Å². The first-order valence-corrected chi connectivity index (χ1v) is 5.68. The second-order valence-electron chi connectivity index (χ2n) is 3.94. The maximum absolute atomic E-state index is 12.6. The van der Waals surface area contributed by atoms with Crippen LogP contribution in [0.3, 0.4) is 0 Å². The van der Waals surface area contributed by atoms with Crippen LogP contribution in [0.15, 0.2) is 24.5 Å². The summed E-state index contributed by atoms with van der Waals surface area (Å²) in [7, 11) is 1.75. The van der Waals surface area contributed by atoms with Crippen LogP contribution in [0.1, 0.15) is 11.1 Å². The third-order valence-corrected chi connectivity index (χ3v) is 2.55. The Labute approximate surface area is 112 Å². The predicted octanol–water partition coefficient (Wildman–Crippen LogP) is 3.10. The van der Waals surface area contributed by atoms with Crippen LogP contribution >= 0.6 is 11.6 Å². The minimum absolute atomic E-state index is 0.0729. The lowest BCUT2D eigenvalue weighted by atomic mass is 10.2. The molecule has 0 aromatic carbocycles. The van der Waals surface area contributed by atoms with Crippen LogP contribution in [0.4, 0.5) is 19.0 Å². The molecule has 1 N–H and O–H groups in total. The van der Waals surface area contributed by atoms with Crippen LogP contribution in [0.5, 0.6) is 0 Å². The maximum Gasteiger partial charge on any atom is 0.416 e. The first-order chi connectivity index (χ1) is 8.84. The standard InChI is InChI=1S/C11H10ClF3N4/c1-19-6-7(5-17-19)4-16-10-3-8(11(13,14)15)2-9(12)18-10/h2-3,5-6H,4H2,1H3,(H,16,18). The van der Waals surface area contributed by atoms with Crippen molar-refractivity contribution < 1.29 is 13.2 Å². The van der Waals surface area contributed by atoms with Crippen LogP contribution in [0.25, 0.3) is 0 Å². The van der Waals surface area contributed by atoms with E-state index < -0.39 is 11.7 Å². The fraction of sp³-hybridized carbons (Fsp3) is 0.273. The van der Waals surface area contributed by atoms with Crippen molar-refractivity contribution in [2.75, 3.05) is 5.32 Å². The Morgan fingerprint density at radius 3 is 2.68 bits per heavy atom. The summed E-state index contributed by atoms with van der Waals surface area (Å²) in [4.78, 5) is 3.80. The number of pyridine rings is 1. The predicted molar refractivity (Wildman–Crippen MR) is 64.8 cm³/mol. The van der Waals surface area contributed by atoms with E-state index in [-0.39, 0.29) is 11.0 Å². The van der Waals surface area contributed by atoms with Gasteiger partial charge in [0.25, 0.3) is 0 Å². The molecule has 0 fully saturated rings. The third kappa shape index (κ3) is 3.60. The highest BCUT2D eigenvalue weighted by Gasteiger charge is 2.31. The van der Waals surface area contributed by atoms with Gasteiger partial charge in [0.15, 0.2) is 0 Å². The summed E-state index contributed by atoms with van der Waals surface area (Å²) in [6.07, 6.45) is -1.08. The number of aromatic nitrogens is 3. The lowest BCUT2D eigenvalue weighted by Crippen LogP contribution is -2.08. The number of nitrogens with zero attached hydrogens (tertiary/aromatic N) is 3. The highest BCUT2D eigenvalue weighted by Crippen LogP contribution is 2.31. The van der Waals surface area contributed by atoms with Crippen molar-refractivity contribution >= 4 is 17.4 Å². The molecular weight excluding hydrogens is 281 g/mol. The lowest BCUT2D eigenvalue weighted by Gasteiger charge is -2.10. The monoisotopic (exact) mass is 290 g/mol. The van der Waals surface area contributed by atoms with Gasteiger partial charge in [-0.1, -0.05) is 11.6 Å². The molecule has 0 saturated carbocycles. The van der Waals surface area contributed by atoms with Crippen LogP contribution < -0.4 is 5.32 Å². The zero-order valence-electron chi connectivity index (χ0n) is 9.87. The van der Waals surface area contributed by atoms with E-state index in [0.29, 0.717) is 6.54 Å². The van der Waals surface area contributed by atoms with Crippen LogP contribution in [0.2, 0.25) is 5.15 Å². The van der Waals surface area contributed by atoms with Crippen molar-refractivity contribution in [1.82, 2.24) is 14.8 Å². The molecule has 4 nitrogen and oxygen atoms in total. The number of anilines is 1. The topological polar surface area (TPSA) is 42.7 Å². The quantitative estimate of drug-likeness (QED) is 0.883. The van der Waals surface area contributed by atoms with Crippen molar-refractivity contribution in [2.24, 2.45) is 7.05 Å². The van der Waals surface area contributed by atoms with Crippen molar-refractivity contribution in [1.29, 1.82) is 0 Å². The molecular formula is C11H10ClF3N4. The number of nitrogens with one attached hydrogen (secondary N) is 1. The minimum Gasteiger partial charge on any atom is -0.366 e. The van der Waals surface area contributed by atoms with Crippen LogP contribution in [-0.2, 0) is 19.8 Å². The van der Waals surface area contributed by atoms with Gasteiger partial charge >= 0.3 is 6.18 Å². The fourth-order valence-corrected chi connectivity index (χ4v) is 1.72. The molecule has 2 aromatic rings. The Balaban J connectivity index is 2.14. The number of hydrogen-bond acceptors (Lipinski definition) is 3. The van der Waals surface area contributed by atoms with E-state index in [1.54, 1.807) is 24.1 Å². The fourth-order valence-electron chi connectivity index (χ4n) is 1.51. The molecule has 0 amide bonds. The van der Waals surface area contributed by atoms with E-state index in [1.165, 1.54) is 0 Å². The molecule has 0 bridgehead atoms. The van der Waals surface area contributed by atoms with Gasteiger partial charge in [0.2, 0.25) is 0 Å². The Bertz CT molecular complexity index is 580. The Morgan fingerprint density at radius 1 is 1.37 bits per heavy atom. The molecule has 2 aromatic heterocycles. The zero-order chi connectivity index (χ0) is 14.0. The van der Waals surface area contributed by atoms with Gasteiger partial charge in [-0.15, -0.1) is 0 Å². The summed E-state index contributed by atoms with van der Waals surface area (Å²) >= 11 is 5.57. The van der Waals surface area contributed by atoms with Gasteiger partial charge in [-0.05, 0) is 12.1 Å². The number of hydrogen-bond donors (Lipinski definition) is 1. The summed E-state index contributed by atoms with van der Waals surface area (Å²) in [6.45, 7) is 0.318. The van der Waals surface area contributed by atoms with E-state index in [0.717, 1.165) is 17.7 Å². The Morgan fingerprint density at radius 2 is 2.11 bits per heavy atom. The molecule has 2 heterocycles. The second kappa shape index (κ2) is 5.08. The smallest absolute Gasteiger partial charge is 0.366 e. The molecule has 0 saturated heterocycles. The Kier molecular flexibility index (Phi) is 3.66. The van der Waals surface area contributed by atoms with E-state index >= 15 is 0 Å². The number of rotatable bonds is 3. The van der Waals surface area contributed by atoms with Crippen LogP contribution in [0, 0.1) is 0 Å². The molecule has 0 unspecified atom stereocenters. The lowest BCUT2D eigenvalue weighted by molar-refractivity contribution is -0.137. The minimum atomic E-state index is -4.45. The molecule has 0 atom stereocenters. The van der Waals surface area contributed by atoms with Gasteiger partial charge in [-0.3, -0.25) is 4.68 Å². The summed E-state index contributed by atoms with van der Waals surface area (Å²) in [5.41, 5.74) is -0.000907. The molecule has 102 valence electrons. The number of alkyl halides is 3. The largest absolute Gasteiger partial charge is 0.416 e. The molecule has 2 rings (SSSR count). The van der Waals surface area contributed by atoms with Crippen molar-refractivity contribution in [3.63, 3.8) is 0 Å². The number of aryl methyl sites for hydroxylation is 1. The molecule has 0 aliphatic heterocycles. The molecule has 0 aliphatic carbocycles. The third-order valence-electron chi connectivity index (χ3n) is 2.35. The Hall–Kier alpha value is -1.76. The van der Waals surface area contributed by atoms with Gasteiger partial charge < -0.3 is 5.32 Å². The molecule has 8 heteroatoms. The normalized spacial score (nSPS) is 11.6. The molecule has 0 radical (unpaired) electrons. The van der Waals surface area contributed by atoms with Gasteiger partial charge in [-0.2, -0.15) is 18.3 Å². The average molecular weight is 291 g/mol. The summed E-state index contributed by atoms with van der Waals surface area (Å²) in [5, 5.41) is 6.53. The van der Waals surface area contributed by atoms with Crippen molar-refractivity contribution in [3.8, 4) is 0 Å². The van der Waals surface area contributed by atoms with Gasteiger partial charge in [0.05, 0.1) is 11.8 Å². The first-order valence-electron chi connectivity index (χ1n) is 5.31. The SMILES string of the molecule is Cn1cc(CNc2cc(C(F)(F)F)cc(Cl)n2)cn1. The number of halogens is 4. The molecule has 0 spiro atoms. The van der Waals surface area contributed by atoms with Crippen molar-refractivity contribution in [2.45, 2.75) is 12.7 Å².